The van der Waals surface area contributed by atoms with Gasteiger partial charge in [-0.15, -0.1) is 0 Å². The molecule has 9 nitrogen and oxygen atoms in total. The van der Waals surface area contributed by atoms with Crippen molar-refractivity contribution in [3.05, 3.63) is 47.0 Å². The number of carbonyl (C=O) groups is 3. The first-order valence-corrected chi connectivity index (χ1v) is 13.0. The van der Waals surface area contributed by atoms with Crippen LogP contribution in [-0.4, -0.2) is 75.8 Å². The van der Waals surface area contributed by atoms with E-state index in [4.69, 9.17) is 14.2 Å². The average molecular weight is 531 g/mol. The summed E-state index contributed by atoms with van der Waals surface area (Å²) in [4.78, 5) is 40.1. The van der Waals surface area contributed by atoms with Crippen molar-refractivity contribution in [1.29, 1.82) is 0 Å². The largest absolute Gasteiger partial charge is 0.455 e. The maximum atomic E-state index is 14.5. The molecule has 0 amide bonds. The maximum absolute atomic E-state index is 14.5. The van der Waals surface area contributed by atoms with E-state index in [0.29, 0.717) is 5.57 Å². The summed E-state index contributed by atoms with van der Waals surface area (Å²) in [5.41, 5.74) is -3.98. The lowest BCUT2D eigenvalue weighted by atomic mass is 9.50. The minimum Gasteiger partial charge on any atom is -0.455 e. The molecule has 2 aliphatic carbocycles. The monoisotopic (exact) mass is 530 g/mol. The third-order valence-corrected chi connectivity index (χ3v) is 9.16. The van der Waals surface area contributed by atoms with E-state index < -0.39 is 70.6 Å². The zero-order valence-electron chi connectivity index (χ0n) is 22.8. The molecule has 9 heteroatoms. The lowest BCUT2D eigenvalue weighted by Crippen LogP contribution is -2.70. The van der Waals surface area contributed by atoms with Crippen molar-refractivity contribution in [1.82, 2.24) is 0 Å². The van der Waals surface area contributed by atoms with Crippen molar-refractivity contribution in [2.75, 3.05) is 6.61 Å². The van der Waals surface area contributed by atoms with Gasteiger partial charge in [-0.05, 0) is 44.1 Å². The number of carbonyl (C=O) groups excluding carboxylic acids is 3. The van der Waals surface area contributed by atoms with Crippen LogP contribution in [0.3, 0.4) is 0 Å². The van der Waals surface area contributed by atoms with Gasteiger partial charge < -0.3 is 29.5 Å². The first-order chi connectivity index (χ1) is 17.7. The molecule has 1 unspecified atom stereocenters. The first kappa shape index (κ1) is 28.4. The van der Waals surface area contributed by atoms with Crippen LogP contribution in [0.2, 0.25) is 0 Å². The fourth-order valence-corrected chi connectivity index (χ4v) is 6.64. The van der Waals surface area contributed by atoms with Crippen molar-refractivity contribution in [2.24, 2.45) is 16.7 Å². The maximum Gasteiger partial charge on any atom is 0.338 e. The third kappa shape index (κ3) is 4.29. The molecular weight excluding hydrogens is 492 g/mol. The van der Waals surface area contributed by atoms with Crippen LogP contribution >= 0.6 is 0 Å². The van der Waals surface area contributed by atoms with Gasteiger partial charge in [-0.3, -0.25) is 9.59 Å². The summed E-state index contributed by atoms with van der Waals surface area (Å²) >= 11 is 0. The summed E-state index contributed by atoms with van der Waals surface area (Å²) < 4.78 is 17.7. The zero-order chi connectivity index (χ0) is 28.2. The Bertz CT molecular complexity index is 1140. The summed E-state index contributed by atoms with van der Waals surface area (Å²) in [5.74, 6) is -3.07. The van der Waals surface area contributed by atoms with Crippen LogP contribution in [0, 0.1) is 16.7 Å². The molecule has 2 fully saturated rings. The third-order valence-electron chi connectivity index (χ3n) is 9.16. The van der Waals surface area contributed by atoms with Crippen molar-refractivity contribution in [3.63, 3.8) is 0 Å². The molecule has 1 heterocycles. The van der Waals surface area contributed by atoms with E-state index in [9.17, 15) is 29.7 Å². The summed E-state index contributed by atoms with van der Waals surface area (Å²) in [5, 5.41) is 35.2. The van der Waals surface area contributed by atoms with Gasteiger partial charge in [-0.1, -0.05) is 32.0 Å². The Balaban J connectivity index is 2.00. The van der Waals surface area contributed by atoms with Gasteiger partial charge in [0.2, 0.25) is 0 Å². The summed E-state index contributed by atoms with van der Waals surface area (Å²) in [7, 11) is 0. The molecule has 3 aliphatic rings. The topological polar surface area (TPSA) is 140 Å². The van der Waals surface area contributed by atoms with Crippen LogP contribution in [-0.2, 0) is 23.8 Å². The lowest BCUT2D eigenvalue weighted by Gasteiger charge is -2.59. The normalized spacial score (nSPS) is 38.8. The van der Waals surface area contributed by atoms with E-state index >= 15 is 0 Å². The van der Waals surface area contributed by atoms with Gasteiger partial charge in [0.1, 0.15) is 11.7 Å². The molecule has 1 aromatic carbocycles. The number of fused-ring (bicyclic) bond motifs is 3. The summed E-state index contributed by atoms with van der Waals surface area (Å²) in [6.07, 6.45) is -5.83. The van der Waals surface area contributed by atoms with Gasteiger partial charge in [-0.2, -0.15) is 0 Å². The molecule has 1 aliphatic heterocycles. The first-order valence-electron chi connectivity index (χ1n) is 13.0. The smallest absolute Gasteiger partial charge is 0.338 e. The highest BCUT2D eigenvalue weighted by molar-refractivity contribution is 5.95. The van der Waals surface area contributed by atoms with Crippen LogP contribution in [0.4, 0.5) is 0 Å². The van der Waals surface area contributed by atoms with E-state index in [1.807, 2.05) is 0 Å². The van der Waals surface area contributed by atoms with Crippen LogP contribution in [0.25, 0.3) is 0 Å². The number of aliphatic hydroxyl groups excluding tert-OH is 2. The predicted molar refractivity (Wildman–Crippen MR) is 136 cm³/mol. The second kappa shape index (κ2) is 9.86. The summed E-state index contributed by atoms with van der Waals surface area (Å²) in [6, 6.07) is 8.27. The van der Waals surface area contributed by atoms with E-state index in [2.05, 4.69) is 0 Å². The van der Waals surface area contributed by atoms with E-state index in [1.54, 1.807) is 65.0 Å². The Labute approximate surface area is 222 Å². The van der Waals surface area contributed by atoms with E-state index in [0.717, 1.165) is 0 Å². The molecule has 208 valence electrons. The number of hydrogen-bond acceptors (Lipinski definition) is 9. The van der Waals surface area contributed by atoms with Gasteiger partial charge in [0.15, 0.2) is 11.9 Å². The van der Waals surface area contributed by atoms with E-state index in [-0.39, 0.29) is 30.6 Å². The quantitative estimate of drug-likeness (QED) is 0.397. The van der Waals surface area contributed by atoms with Crippen LogP contribution in [0.1, 0.15) is 64.7 Å². The number of benzene rings is 1. The molecule has 0 radical (unpaired) electrons. The second-order valence-corrected chi connectivity index (χ2v) is 11.7. The molecule has 2 bridgehead atoms. The van der Waals surface area contributed by atoms with E-state index in [1.165, 1.54) is 6.92 Å². The lowest BCUT2D eigenvalue weighted by molar-refractivity contribution is -0.217. The fraction of sp³-hybridized carbons (Fsp3) is 0.621. The molecule has 3 N–H and O–H groups in total. The molecule has 38 heavy (non-hydrogen) atoms. The molecule has 1 saturated heterocycles. The van der Waals surface area contributed by atoms with Gasteiger partial charge in [0.05, 0.1) is 35.9 Å². The van der Waals surface area contributed by atoms with Crippen molar-refractivity contribution in [2.45, 2.75) is 90.5 Å². The number of hydrogen-bond donors (Lipinski definition) is 3. The van der Waals surface area contributed by atoms with Gasteiger partial charge in [0, 0.05) is 31.1 Å². The number of Topliss-reactive ketones (excluding diaryl/α,β-unsaturated/α-hetero) is 1. The molecule has 1 aromatic rings. The second-order valence-electron chi connectivity index (χ2n) is 11.7. The Morgan fingerprint density at radius 2 is 1.71 bits per heavy atom. The molecule has 0 spiro atoms. The number of ether oxygens (including phenoxy) is 3. The van der Waals surface area contributed by atoms with Gasteiger partial charge in [-0.25, -0.2) is 4.79 Å². The fourth-order valence-electron chi connectivity index (χ4n) is 6.64. The minimum absolute atomic E-state index is 0.105. The Kier molecular flexibility index (Phi) is 7.37. The molecule has 1 saturated carbocycles. The zero-order valence-corrected chi connectivity index (χ0v) is 22.8. The van der Waals surface area contributed by atoms with Crippen molar-refractivity contribution in [3.8, 4) is 0 Å². The van der Waals surface area contributed by atoms with Crippen LogP contribution < -0.4 is 0 Å². The Hall–Kier alpha value is -2.59. The van der Waals surface area contributed by atoms with Crippen LogP contribution in [0.15, 0.2) is 41.5 Å². The average Bonchev–Trinajstić information content (AvgIpc) is 2.95. The van der Waals surface area contributed by atoms with Gasteiger partial charge in [0.25, 0.3) is 0 Å². The predicted octanol–water partition coefficient (Wildman–Crippen LogP) is 2.36. The number of aliphatic hydroxyl groups is 3. The van der Waals surface area contributed by atoms with Crippen LogP contribution in [0.5, 0.6) is 0 Å². The SMILES string of the molecule is CC(=O)O[C@H]1C(=O)[C@@]2(C)C(CO[C@@H](C)C[C@@H]2O)[C@H](OC(=O)c2ccccc2)[C@]2(O)C[C@H](O)C(C)=C1C2(C)C. The Morgan fingerprint density at radius 1 is 1.08 bits per heavy atom. The van der Waals surface area contributed by atoms with Gasteiger partial charge >= 0.3 is 11.9 Å². The summed E-state index contributed by atoms with van der Waals surface area (Å²) in [6.45, 7) is 9.38. The molecule has 4 rings (SSSR count). The molecule has 8 atom stereocenters. The molecule has 0 aromatic heterocycles. The molecular formula is C29H38O9. The minimum atomic E-state index is -1.92. The number of rotatable bonds is 3. The van der Waals surface area contributed by atoms with Crippen molar-refractivity contribution < 1.29 is 43.9 Å². The highest BCUT2D eigenvalue weighted by atomic mass is 16.6. The highest BCUT2D eigenvalue weighted by Gasteiger charge is 2.68. The highest BCUT2D eigenvalue weighted by Crippen LogP contribution is 2.58. The Morgan fingerprint density at radius 3 is 2.32 bits per heavy atom. The number of ketones is 1. The number of esters is 2. The van der Waals surface area contributed by atoms with Crippen molar-refractivity contribution >= 4 is 17.7 Å². The standard InChI is InChI=1S/C29H38O9/c1-15-12-21(32)28(6)19(14-36-15)25(38-26(34)18-10-8-7-9-11-18)29(35)13-20(31)16(2)22(27(29,4)5)23(24(28)33)37-17(3)30/h7-11,15,19-21,23,25,31-32,35H,12-14H2,1-6H3/t15-,19?,20-,21-,23+,25-,28-,29+/m0/s1.